The average molecular weight is 341 g/mol. The first-order chi connectivity index (χ1) is 9.53. The maximum Gasteiger partial charge on any atom is 0.236 e. The van der Waals surface area contributed by atoms with Gasteiger partial charge >= 0.3 is 0 Å². The number of nitrogens with two attached hydrogens (primary N) is 1. The van der Waals surface area contributed by atoms with E-state index in [4.69, 9.17) is 10.5 Å². The normalized spacial score (nSPS) is 19.4. The molecule has 0 bridgehead atoms. The lowest BCUT2D eigenvalue weighted by molar-refractivity contribution is -0.122. The van der Waals surface area contributed by atoms with E-state index in [0.29, 0.717) is 6.54 Å². The fourth-order valence-electron chi connectivity index (χ4n) is 2.55. The molecule has 1 aromatic carbocycles. The van der Waals surface area contributed by atoms with Gasteiger partial charge in [0.1, 0.15) is 0 Å². The number of amides is 1. The van der Waals surface area contributed by atoms with Crippen LogP contribution in [0.15, 0.2) is 28.7 Å². The fourth-order valence-corrected chi connectivity index (χ4v) is 2.81. The highest BCUT2D eigenvalue weighted by molar-refractivity contribution is 9.10. The van der Waals surface area contributed by atoms with Gasteiger partial charge < -0.3 is 15.8 Å². The molecular weight excluding hydrogens is 320 g/mol. The quantitative estimate of drug-likeness (QED) is 0.880. The van der Waals surface area contributed by atoms with Crippen LogP contribution in [0.1, 0.15) is 25.3 Å². The molecule has 1 heterocycles. The molecular formula is C15H21BrN2O2. The van der Waals surface area contributed by atoms with Crippen molar-refractivity contribution in [1.82, 2.24) is 5.32 Å². The highest BCUT2D eigenvalue weighted by Crippen LogP contribution is 2.34. The van der Waals surface area contributed by atoms with Gasteiger partial charge in [-0.1, -0.05) is 28.1 Å². The molecule has 1 fully saturated rings. The second kappa shape index (κ2) is 6.70. The molecule has 0 spiro atoms. The molecule has 1 atom stereocenters. The van der Waals surface area contributed by atoms with Crippen molar-refractivity contribution in [1.29, 1.82) is 0 Å². The fraction of sp³-hybridized carbons (Fsp3) is 0.533. The van der Waals surface area contributed by atoms with Gasteiger partial charge in [-0.15, -0.1) is 0 Å². The van der Waals surface area contributed by atoms with E-state index >= 15 is 0 Å². The van der Waals surface area contributed by atoms with Crippen LogP contribution in [0.4, 0.5) is 0 Å². The molecule has 3 N–H and O–H groups in total. The Kier molecular flexibility index (Phi) is 5.18. The van der Waals surface area contributed by atoms with E-state index in [0.717, 1.165) is 30.5 Å². The van der Waals surface area contributed by atoms with Gasteiger partial charge in [0.2, 0.25) is 5.91 Å². The molecule has 1 aliphatic heterocycles. The Labute approximate surface area is 128 Å². The van der Waals surface area contributed by atoms with Crippen molar-refractivity contribution in [3.63, 3.8) is 0 Å². The molecule has 1 aliphatic rings. The van der Waals surface area contributed by atoms with Crippen molar-refractivity contribution in [3.8, 4) is 0 Å². The third-order valence-electron chi connectivity index (χ3n) is 3.92. The van der Waals surface area contributed by atoms with Gasteiger partial charge in [-0.05, 0) is 37.5 Å². The third-order valence-corrected chi connectivity index (χ3v) is 4.45. The van der Waals surface area contributed by atoms with E-state index in [-0.39, 0.29) is 11.3 Å². The maximum atomic E-state index is 11.7. The minimum Gasteiger partial charge on any atom is -0.381 e. The number of ether oxygens (including phenoxy) is 1. The number of carbonyl (C=O) groups is 1. The molecule has 0 aliphatic carbocycles. The summed E-state index contributed by atoms with van der Waals surface area (Å²) in [5, 5.41) is 2.97. The van der Waals surface area contributed by atoms with Crippen LogP contribution in [0, 0.1) is 0 Å². The number of benzene rings is 1. The standard InChI is InChI=1S/C15H21BrN2O2/c1-11(17)14(19)18-10-15(6-8-20-9-7-15)12-2-4-13(16)5-3-12/h2-5,11H,6-10,17H2,1H3,(H,18,19)/t11-/m1/s1. The Morgan fingerprint density at radius 2 is 2.00 bits per heavy atom. The van der Waals surface area contributed by atoms with Crippen LogP contribution in [0.2, 0.25) is 0 Å². The Morgan fingerprint density at radius 1 is 1.40 bits per heavy atom. The first-order valence-electron chi connectivity index (χ1n) is 6.91. The Morgan fingerprint density at radius 3 is 2.55 bits per heavy atom. The van der Waals surface area contributed by atoms with Gasteiger partial charge in [0.15, 0.2) is 0 Å². The van der Waals surface area contributed by atoms with E-state index in [1.54, 1.807) is 6.92 Å². The molecule has 4 nitrogen and oxygen atoms in total. The van der Waals surface area contributed by atoms with Crippen LogP contribution in [-0.2, 0) is 14.9 Å². The van der Waals surface area contributed by atoms with Crippen LogP contribution < -0.4 is 11.1 Å². The van der Waals surface area contributed by atoms with Crippen molar-refractivity contribution >= 4 is 21.8 Å². The molecule has 110 valence electrons. The molecule has 5 heteroatoms. The van der Waals surface area contributed by atoms with Crippen LogP contribution >= 0.6 is 15.9 Å². The predicted molar refractivity (Wildman–Crippen MR) is 82.5 cm³/mol. The minimum absolute atomic E-state index is 0.0521. The van der Waals surface area contributed by atoms with Gasteiger partial charge in [-0.2, -0.15) is 0 Å². The lowest BCUT2D eigenvalue weighted by Crippen LogP contribution is -2.48. The van der Waals surface area contributed by atoms with E-state index in [2.05, 4.69) is 33.4 Å². The summed E-state index contributed by atoms with van der Waals surface area (Å²) in [6.45, 7) is 3.76. The number of nitrogens with one attached hydrogen (secondary N) is 1. The average Bonchev–Trinajstić information content (AvgIpc) is 2.46. The first kappa shape index (κ1) is 15.5. The van der Waals surface area contributed by atoms with Gasteiger partial charge in [-0.3, -0.25) is 4.79 Å². The monoisotopic (exact) mass is 340 g/mol. The van der Waals surface area contributed by atoms with Crippen LogP contribution in [0.5, 0.6) is 0 Å². The Hall–Kier alpha value is -0.910. The minimum atomic E-state index is -0.475. The lowest BCUT2D eigenvalue weighted by Gasteiger charge is -2.38. The summed E-state index contributed by atoms with van der Waals surface area (Å²) < 4.78 is 6.54. The molecule has 1 amide bonds. The zero-order valence-electron chi connectivity index (χ0n) is 11.7. The maximum absolute atomic E-state index is 11.7. The van der Waals surface area contributed by atoms with Crippen LogP contribution in [0.3, 0.4) is 0 Å². The molecule has 1 saturated heterocycles. The van der Waals surface area contributed by atoms with Crippen molar-refractivity contribution in [2.24, 2.45) is 5.73 Å². The molecule has 0 unspecified atom stereocenters. The Balaban J connectivity index is 2.17. The number of halogens is 1. The summed E-state index contributed by atoms with van der Waals surface area (Å²) in [7, 11) is 0. The SMILES string of the molecule is C[C@@H](N)C(=O)NCC1(c2ccc(Br)cc2)CCOCC1. The number of rotatable bonds is 4. The summed E-state index contributed by atoms with van der Waals surface area (Å²) >= 11 is 3.46. The summed E-state index contributed by atoms with van der Waals surface area (Å²) in [4.78, 5) is 11.7. The largest absolute Gasteiger partial charge is 0.381 e. The number of hydrogen-bond acceptors (Lipinski definition) is 3. The van der Waals surface area contributed by atoms with E-state index in [1.807, 2.05) is 12.1 Å². The van der Waals surface area contributed by atoms with Gasteiger partial charge in [0.05, 0.1) is 6.04 Å². The summed E-state index contributed by atoms with van der Waals surface area (Å²) in [5.74, 6) is -0.104. The second-order valence-electron chi connectivity index (χ2n) is 5.41. The summed E-state index contributed by atoms with van der Waals surface area (Å²) in [5.41, 5.74) is 6.80. The van der Waals surface area contributed by atoms with Crippen LogP contribution in [-0.4, -0.2) is 31.7 Å². The molecule has 1 aromatic rings. The first-order valence-corrected chi connectivity index (χ1v) is 7.70. The topological polar surface area (TPSA) is 64.4 Å². The third kappa shape index (κ3) is 3.59. The lowest BCUT2D eigenvalue weighted by atomic mass is 9.74. The molecule has 0 aromatic heterocycles. The molecule has 0 radical (unpaired) electrons. The zero-order chi connectivity index (χ0) is 14.6. The predicted octanol–water partition coefficient (Wildman–Crippen LogP) is 1.96. The van der Waals surface area contributed by atoms with Crippen molar-refractivity contribution in [2.45, 2.75) is 31.2 Å². The van der Waals surface area contributed by atoms with E-state index < -0.39 is 6.04 Å². The van der Waals surface area contributed by atoms with E-state index in [1.165, 1.54) is 5.56 Å². The smallest absolute Gasteiger partial charge is 0.236 e. The van der Waals surface area contributed by atoms with E-state index in [9.17, 15) is 4.79 Å². The van der Waals surface area contributed by atoms with Gasteiger partial charge in [-0.25, -0.2) is 0 Å². The van der Waals surface area contributed by atoms with Gasteiger partial charge in [0.25, 0.3) is 0 Å². The second-order valence-corrected chi connectivity index (χ2v) is 6.32. The molecule has 20 heavy (non-hydrogen) atoms. The van der Waals surface area contributed by atoms with Gasteiger partial charge in [0, 0.05) is 29.6 Å². The van der Waals surface area contributed by atoms with Crippen LogP contribution in [0.25, 0.3) is 0 Å². The highest BCUT2D eigenvalue weighted by Gasteiger charge is 2.34. The number of hydrogen-bond donors (Lipinski definition) is 2. The Bertz CT molecular complexity index is 453. The van der Waals surface area contributed by atoms with Crippen molar-refractivity contribution < 1.29 is 9.53 Å². The molecule has 0 saturated carbocycles. The summed E-state index contributed by atoms with van der Waals surface area (Å²) in [6, 6.07) is 7.84. The number of carbonyl (C=O) groups excluding carboxylic acids is 1. The van der Waals surface area contributed by atoms with Crippen molar-refractivity contribution in [2.75, 3.05) is 19.8 Å². The summed E-state index contributed by atoms with van der Waals surface area (Å²) in [6.07, 6.45) is 1.82. The van der Waals surface area contributed by atoms with Crippen molar-refractivity contribution in [3.05, 3.63) is 34.3 Å². The molecule has 2 rings (SSSR count). The zero-order valence-corrected chi connectivity index (χ0v) is 13.3. The highest BCUT2D eigenvalue weighted by atomic mass is 79.9.